The molecule has 2 aromatic heterocycles. The number of aryl methyl sites for hydroxylation is 1. The summed E-state index contributed by atoms with van der Waals surface area (Å²) in [5.41, 5.74) is 5.98. The maximum atomic E-state index is 6.04. The zero-order chi connectivity index (χ0) is 25.4. The Morgan fingerprint density at radius 3 is 2.30 bits per heavy atom. The molecule has 37 heavy (non-hydrogen) atoms. The van der Waals surface area contributed by atoms with Crippen molar-refractivity contribution < 1.29 is 4.74 Å². The highest BCUT2D eigenvalue weighted by Crippen LogP contribution is 2.45. The van der Waals surface area contributed by atoms with E-state index in [0.717, 1.165) is 22.9 Å². The van der Waals surface area contributed by atoms with Crippen LogP contribution in [0.4, 0.5) is 5.69 Å². The number of rotatable bonds is 6. The van der Waals surface area contributed by atoms with Crippen LogP contribution in [0.25, 0.3) is 0 Å². The van der Waals surface area contributed by atoms with Gasteiger partial charge in [-0.1, -0.05) is 37.1 Å². The largest absolute Gasteiger partial charge is 0.457 e. The molecule has 5 nitrogen and oxygen atoms in total. The van der Waals surface area contributed by atoms with Crippen molar-refractivity contribution in [3.05, 3.63) is 108 Å². The van der Waals surface area contributed by atoms with E-state index >= 15 is 0 Å². The molecule has 6 rings (SSSR count). The predicted octanol–water partition coefficient (Wildman–Crippen LogP) is 7.58. The van der Waals surface area contributed by atoms with Gasteiger partial charge in [-0.05, 0) is 99.1 Å². The van der Waals surface area contributed by atoms with Crippen LogP contribution in [-0.2, 0) is 0 Å². The van der Waals surface area contributed by atoms with Gasteiger partial charge in [-0.25, -0.2) is 0 Å². The second-order valence-electron chi connectivity index (χ2n) is 10.0. The number of nitrogens with zero attached hydrogens (tertiary/aromatic N) is 3. The van der Waals surface area contributed by atoms with E-state index in [1.54, 1.807) is 0 Å². The van der Waals surface area contributed by atoms with Crippen LogP contribution in [0.15, 0.2) is 85.1 Å². The van der Waals surface area contributed by atoms with Crippen molar-refractivity contribution in [1.29, 1.82) is 0 Å². The Kier molecular flexibility index (Phi) is 6.43. The number of thiocarbonyl (C=S) groups is 1. The molecule has 0 bridgehead atoms. The first kappa shape index (κ1) is 23.7. The van der Waals surface area contributed by atoms with Gasteiger partial charge in [0.1, 0.15) is 11.5 Å². The van der Waals surface area contributed by atoms with Gasteiger partial charge >= 0.3 is 0 Å². The maximum Gasteiger partial charge on any atom is 0.174 e. The second kappa shape index (κ2) is 10.0. The number of benzene rings is 2. The van der Waals surface area contributed by atoms with Gasteiger partial charge in [0.2, 0.25) is 0 Å². The zero-order valence-electron chi connectivity index (χ0n) is 21.3. The van der Waals surface area contributed by atoms with Crippen molar-refractivity contribution in [2.24, 2.45) is 0 Å². The molecular formula is C31H32N4OS. The van der Waals surface area contributed by atoms with Gasteiger partial charge in [0.05, 0.1) is 17.8 Å². The number of hydrogen-bond acceptors (Lipinski definition) is 3. The highest BCUT2D eigenvalue weighted by molar-refractivity contribution is 7.80. The zero-order valence-corrected chi connectivity index (χ0v) is 22.1. The Morgan fingerprint density at radius 2 is 1.59 bits per heavy atom. The van der Waals surface area contributed by atoms with Crippen molar-refractivity contribution in [2.75, 3.05) is 4.90 Å². The number of aromatic nitrogens is 2. The normalized spacial score (nSPS) is 19.8. The predicted molar refractivity (Wildman–Crippen MR) is 152 cm³/mol. The van der Waals surface area contributed by atoms with Gasteiger partial charge in [-0.3, -0.25) is 4.98 Å². The number of hydrogen-bond donors (Lipinski definition) is 1. The van der Waals surface area contributed by atoms with E-state index in [0.29, 0.717) is 11.2 Å². The number of para-hydroxylation sites is 1. The minimum Gasteiger partial charge on any atom is -0.457 e. The highest BCUT2D eigenvalue weighted by atomic mass is 32.1. The topological polar surface area (TPSA) is 42.3 Å². The van der Waals surface area contributed by atoms with Crippen LogP contribution < -0.4 is 15.0 Å². The van der Waals surface area contributed by atoms with Crippen LogP contribution in [0.1, 0.15) is 66.5 Å². The van der Waals surface area contributed by atoms with Crippen molar-refractivity contribution in [2.45, 2.75) is 57.7 Å². The average Bonchev–Trinajstić information content (AvgIpc) is 3.63. The third-order valence-electron chi connectivity index (χ3n) is 7.72. The number of anilines is 1. The third-order valence-corrected chi connectivity index (χ3v) is 8.04. The monoisotopic (exact) mass is 508 g/mol. The number of nitrogens with one attached hydrogen (secondary N) is 1. The van der Waals surface area contributed by atoms with E-state index in [4.69, 9.17) is 21.9 Å². The molecule has 0 radical (unpaired) electrons. The Labute approximate surface area is 224 Å². The molecular weight excluding hydrogens is 476 g/mol. The molecule has 1 saturated heterocycles. The van der Waals surface area contributed by atoms with E-state index in [2.05, 4.69) is 52.9 Å². The molecule has 6 heteroatoms. The quantitative estimate of drug-likeness (QED) is 0.272. The summed E-state index contributed by atoms with van der Waals surface area (Å²) < 4.78 is 8.60. The lowest BCUT2D eigenvalue weighted by Gasteiger charge is -2.28. The Balaban J connectivity index is 1.39. The molecule has 2 atom stereocenters. The van der Waals surface area contributed by atoms with Gasteiger partial charge in [0, 0.05) is 29.3 Å². The Hall–Kier alpha value is -3.64. The molecule has 0 spiro atoms. The number of pyridine rings is 1. The summed E-state index contributed by atoms with van der Waals surface area (Å²) in [4.78, 5) is 6.97. The average molecular weight is 509 g/mol. The summed E-state index contributed by atoms with van der Waals surface area (Å²) in [6, 6.07) is 27.1. The van der Waals surface area contributed by atoms with Gasteiger partial charge < -0.3 is 19.5 Å². The van der Waals surface area contributed by atoms with Gasteiger partial charge in [0.25, 0.3) is 0 Å². The van der Waals surface area contributed by atoms with Crippen molar-refractivity contribution >= 4 is 23.0 Å². The van der Waals surface area contributed by atoms with Crippen LogP contribution in [0.2, 0.25) is 0 Å². The second-order valence-corrected chi connectivity index (χ2v) is 10.4. The molecule has 2 aromatic carbocycles. The van der Waals surface area contributed by atoms with Crippen molar-refractivity contribution in [3.63, 3.8) is 0 Å². The van der Waals surface area contributed by atoms with Crippen LogP contribution in [0.5, 0.6) is 11.5 Å². The third kappa shape index (κ3) is 4.51. The summed E-state index contributed by atoms with van der Waals surface area (Å²) in [5, 5.41) is 4.31. The summed E-state index contributed by atoms with van der Waals surface area (Å²) in [7, 11) is 0. The van der Waals surface area contributed by atoms with E-state index in [9.17, 15) is 0 Å². The standard InChI is InChI=1S/C31H32N4OS/c1-21-20-27(22(2)34(21)23-10-6-7-11-23)30-29(28-14-8-9-19-32-28)33-31(37)35(30)24-15-17-26(18-16-24)36-25-12-4-3-5-13-25/h3-5,8-9,12-20,23,29-30H,6-7,10-11H2,1-2H3,(H,33,37)/t29-,30-/m1/s1. The fourth-order valence-corrected chi connectivity index (χ4v) is 6.42. The first-order valence-electron chi connectivity index (χ1n) is 13.1. The summed E-state index contributed by atoms with van der Waals surface area (Å²) in [6.45, 7) is 4.51. The van der Waals surface area contributed by atoms with E-state index in [1.807, 2.05) is 60.8 Å². The van der Waals surface area contributed by atoms with E-state index in [-0.39, 0.29) is 12.1 Å². The van der Waals surface area contributed by atoms with Crippen molar-refractivity contribution in [3.8, 4) is 11.5 Å². The fourth-order valence-electron chi connectivity index (χ4n) is 6.07. The molecule has 1 N–H and O–H groups in total. The molecule has 0 unspecified atom stereocenters. The maximum absolute atomic E-state index is 6.04. The summed E-state index contributed by atoms with van der Waals surface area (Å²) in [5.74, 6) is 1.62. The van der Waals surface area contributed by atoms with Crippen LogP contribution in [0, 0.1) is 13.8 Å². The SMILES string of the molecule is Cc1cc([C@@H]2[C@@H](c3ccccn3)NC(=S)N2c2ccc(Oc3ccccc3)cc2)c(C)n1C1CCCC1. The molecule has 4 aromatic rings. The molecule has 188 valence electrons. The summed E-state index contributed by atoms with van der Waals surface area (Å²) in [6.07, 6.45) is 7.00. The molecule has 2 aliphatic rings. The lowest BCUT2D eigenvalue weighted by Crippen LogP contribution is -2.29. The van der Waals surface area contributed by atoms with E-state index in [1.165, 1.54) is 42.6 Å². The number of ether oxygens (including phenoxy) is 1. The Morgan fingerprint density at radius 1 is 0.892 bits per heavy atom. The molecule has 1 aliphatic heterocycles. The minimum atomic E-state index is -0.0496. The van der Waals surface area contributed by atoms with Gasteiger partial charge in [-0.2, -0.15) is 0 Å². The lowest BCUT2D eigenvalue weighted by molar-refractivity contribution is 0.482. The van der Waals surface area contributed by atoms with Gasteiger partial charge in [0.15, 0.2) is 5.11 Å². The molecule has 0 amide bonds. The lowest BCUT2D eigenvalue weighted by atomic mass is 9.96. The van der Waals surface area contributed by atoms with Crippen LogP contribution in [-0.4, -0.2) is 14.7 Å². The minimum absolute atomic E-state index is 0.00959. The molecule has 1 aliphatic carbocycles. The highest BCUT2D eigenvalue weighted by Gasteiger charge is 2.42. The molecule has 3 heterocycles. The fraction of sp³-hybridized carbons (Fsp3) is 0.290. The first-order valence-corrected chi connectivity index (χ1v) is 13.5. The first-order chi connectivity index (χ1) is 18.1. The molecule has 2 fully saturated rings. The van der Waals surface area contributed by atoms with Crippen LogP contribution in [0.3, 0.4) is 0 Å². The van der Waals surface area contributed by atoms with E-state index < -0.39 is 0 Å². The van der Waals surface area contributed by atoms with Crippen molar-refractivity contribution in [1.82, 2.24) is 14.9 Å². The van der Waals surface area contributed by atoms with Crippen LogP contribution >= 0.6 is 12.2 Å². The Bertz CT molecular complexity index is 1380. The van der Waals surface area contributed by atoms with Gasteiger partial charge in [-0.15, -0.1) is 0 Å². The molecule has 1 saturated carbocycles. The smallest absolute Gasteiger partial charge is 0.174 e. The summed E-state index contributed by atoms with van der Waals surface area (Å²) >= 11 is 5.95.